The Bertz CT molecular complexity index is 524. The van der Waals surface area contributed by atoms with Crippen molar-refractivity contribution in [1.29, 1.82) is 0 Å². The number of carbonyl (C=O) groups is 1. The van der Waals surface area contributed by atoms with Crippen molar-refractivity contribution in [3.8, 4) is 0 Å². The average molecular weight is 229 g/mol. The molecule has 0 radical (unpaired) electrons. The van der Waals surface area contributed by atoms with Gasteiger partial charge in [-0.1, -0.05) is 18.2 Å². The highest BCUT2D eigenvalue weighted by Crippen LogP contribution is 2.11. The summed E-state index contributed by atoms with van der Waals surface area (Å²) in [4.78, 5) is 20.8. The van der Waals surface area contributed by atoms with Gasteiger partial charge in [-0.05, 0) is 25.1 Å². The molecule has 17 heavy (non-hydrogen) atoms. The summed E-state index contributed by atoms with van der Waals surface area (Å²) in [5.41, 5.74) is 1.92. The van der Waals surface area contributed by atoms with Crippen molar-refractivity contribution in [3.05, 3.63) is 42.2 Å². The van der Waals surface area contributed by atoms with Gasteiger partial charge in [0.1, 0.15) is 5.82 Å². The van der Waals surface area contributed by atoms with E-state index in [4.69, 9.17) is 0 Å². The lowest BCUT2D eigenvalue weighted by atomic mass is 10.3. The van der Waals surface area contributed by atoms with E-state index in [0.29, 0.717) is 6.54 Å². The maximum Gasteiger partial charge on any atom is 0.246 e. The van der Waals surface area contributed by atoms with Crippen LogP contribution >= 0.6 is 0 Å². The van der Waals surface area contributed by atoms with Crippen LogP contribution in [0, 0.1) is 0 Å². The van der Waals surface area contributed by atoms with Gasteiger partial charge in [-0.25, -0.2) is 4.98 Å². The molecule has 1 N–H and O–H groups in total. The van der Waals surface area contributed by atoms with Gasteiger partial charge < -0.3 is 9.88 Å². The number of para-hydroxylation sites is 2. The molecular formula is C13H15N3O. The minimum absolute atomic E-state index is 0.0204. The number of hydrogen-bond donors (Lipinski definition) is 1. The van der Waals surface area contributed by atoms with Crippen molar-refractivity contribution in [2.24, 2.45) is 0 Å². The first-order valence-electron chi connectivity index (χ1n) is 5.52. The summed E-state index contributed by atoms with van der Waals surface area (Å²) in [6.07, 6.45) is 3.28. The van der Waals surface area contributed by atoms with E-state index in [2.05, 4.69) is 9.97 Å². The monoisotopic (exact) mass is 229 g/mol. The van der Waals surface area contributed by atoms with Crippen LogP contribution in [0.4, 0.5) is 0 Å². The number of carbonyl (C=O) groups excluding carboxylic acids is 1. The number of allylic oxidation sites excluding steroid dienone is 1. The van der Waals surface area contributed by atoms with Gasteiger partial charge in [-0.3, -0.25) is 4.79 Å². The molecule has 0 saturated carbocycles. The predicted octanol–water partition coefficient (Wildman–Crippen LogP) is 2.10. The third-order valence-corrected chi connectivity index (χ3v) is 2.51. The number of benzene rings is 1. The minimum atomic E-state index is -0.0204. The second-order valence-electron chi connectivity index (χ2n) is 3.89. The maximum atomic E-state index is 11.6. The normalized spacial score (nSPS) is 11.2. The van der Waals surface area contributed by atoms with E-state index in [1.807, 2.05) is 31.2 Å². The van der Waals surface area contributed by atoms with Crippen LogP contribution < -0.4 is 0 Å². The van der Waals surface area contributed by atoms with Gasteiger partial charge >= 0.3 is 0 Å². The van der Waals surface area contributed by atoms with Gasteiger partial charge in [0.2, 0.25) is 5.91 Å². The second kappa shape index (κ2) is 4.82. The smallest absolute Gasteiger partial charge is 0.246 e. The molecule has 2 aromatic rings. The molecule has 4 nitrogen and oxygen atoms in total. The number of imidazole rings is 1. The van der Waals surface area contributed by atoms with Crippen LogP contribution in [-0.4, -0.2) is 27.8 Å². The van der Waals surface area contributed by atoms with Crippen molar-refractivity contribution in [3.63, 3.8) is 0 Å². The van der Waals surface area contributed by atoms with Gasteiger partial charge in [0.25, 0.3) is 0 Å². The fourth-order valence-corrected chi connectivity index (χ4v) is 1.65. The first-order valence-corrected chi connectivity index (χ1v) is 5.52. The summed E-state index contributed by atoms with van der Waals surface area (Å²) in [6.45, 7) is 2.31. The van der Waals surface area contributed by atoms with E-state index < -0.39 is 0 Å². The lowest BCUT2D eigenvalue weighted by molar-refractivity contribution is -0.125. The van der Waals surface area contributed by atoms with Gasteiger partial charge in [0.15, 0.2) is 0 Å². The number of nitrogens with zero attached hydrogens (tertiary/aromatic N) is 2. The number of likely N-dealkylation sites (N-methyl/N-ethyl adjacent to an activating group) is 1. The molecule has 1 amide bonds. The zero-order chi connectivity index (χ0) is 12.3. The van der Waals surface area contributed by atoms with Crippen LogP contribution in [-0.2, 0) is 11.3 Å². The third-order valence-electron chi connectivity index (χ3n) is 2.51. The van der Waals surface area contributed by atoms with Crippen molar-refractivity contribution in [2.75, 3.05) is 7.05 Å². The maximum absolute atomic E-state index is 11.6. The lowest BCUT2D eigenvalue weighted by Gasteiger charge is -2.12. The molecule has 0 unspecified atom stereocenters. The molecule has 0 aliphatic rings. The highest BCUT2D eigenvalue weighted by Gasteiger charge is 2.08. The topological polar surface area (TPSA) is 49.0 Å². The van der Waals surface area contributed by atoms with Crippen molar-refractivity contribution < 1.29 is 4.79 Å². The third kappa shape index (κ3) is 2.53. The zero-order valence-electron chi connectivity index (χ0n) is 9.97. The van der Waals surface area contributed by atoms with E-state index in [-0.39, 0.29) is 5.91 Å². The second-order valence-corrected chi connectivity index (χ2v) is 3.89. The Morgan fingerprint density at radius 3 is 2.94 bits per heavy atom. The fraction of sp³-hybridized carbons (Fsp3) is 0.231. The number of rotatable bonds is 3. The molecule has 0 aliphatic carbocycles. The van der Waals surface area contributed by atoms with Crippen LogP contribution in [0.5, 0.6) is 0 Å². The van der Waals surface area contributed by atoms with Gasteiger partial charge in [-0.15, -0.1) is 0 Å². The summed E-state index contributed by atoms with van der Waals surface area (Å²) in [6, 6.07) is 7.82. The quantitative estimate of drug-likeness (QED) is 0.819. The Labute approximate surface area is 100.0 Å². The highest BCUT2D eigenvalue weighted by molar-refractivity contribution is 5.87. The van der Waals surface area contributed by atoms with Crippen molar-refractivity contribution >= 4 is 16.9 Å². The summed E-state index contributed by atoms with van der Waals surface area (Å²) >= 11 is 0. The number of hydrogen-bond acceptors (Lipinski definition) is 2. The molecule has 88 valence electrons. The van der Waals surface area contributed by atoms with E-state index in [1.54, 1.807) is 24.1 Å². The van der Waals surface area contributed by atoms with Crippen molar-refractivity contribution in [1.82, 2.24) is 14.9 Å². The Hall–Kier alpha value is -2.10. The number of aromatic nitrogens is 2. The molecule has 4 heteroatoms. The summed E-state index contributed by atoms with van der Waals surface area (Å²) in [5.74, 6) is 0.777. The highest BCUT2D eigenvalue weighted by atomic mass is 16.2. The van der Waals surface area contributed by atoms with Gasteiger partial charge in [-0.2, -0.15) is 0 Å². The number of nitrogens with one attached hydrogen (secondary N) is 1. The Morgan fingerprint density at radius 1 is 1.47 bits per heavy atom. The van der Waals surface area contributed by atoms with E-state index in [0.717, 1.165) is 16.9 Å². The molecule has 0 fully saturated rings. The number of fused-ring (bicyclic) bond motifs is 1. The van der Waals surface area contributed by atoms with Crippen LogP contribution in [0.1, 0.15) is 12.7 Å². The Morgan fingerprint density at radius 2 is 2.24 bits per heavy atom. The van der Waals surface area contributed by atoms with E-state index in [1.165, 1.54) is 0 Å². The van der Waals surface area contributed by atoms with Gasteiger partial charge in [0, 0.05) is 7.05 Å². The molecule has 0 bridgehead atoms. The predicted molar refractivity (Wildman–Crippen MR) is 67.4 cm³/mol. The molecule has 1 heterocycles. The molecule has 0 atom stereocenters. The molecular weight excluding hydrogens is 214 g/mol. The van der Waals surface area contributed by atoms with Crippen LogP contribution in [0.3, 0.4) is 0 Å². The molecule has 0 spiro atoms. The van der Waals surface area contributed by atoms with Crippen molar-refractivity contribution in [2.45, 2.75) is 13.5 Å². The number of amides is 1. The molecule has 1 aromatic heterocycles. The van der Waals surface area contributed by atoms with E-state index >= 15 is 0 Å². The summed E-state index contributed by atoms with van der Waals surface area (Å²) in [5, 5.41) is 0. The average Bonchev–Trinajstić information content (AvgIpc) is 2.71. The largest absolute Gasteiger partial charge is 0.340 e. The summed E-state index contributed by atoms with van der Waals surface area (Å²) < 4.78 is 0. The number of aromatic amines is 1. The zero-order valence-corrected chi connectivity index (χ0v) is 9.97. The standard InChI is InChI=1S/C13H15N3O/c1-3-6-13(17)16(2)9-12-14-10-7-4-5-8-11(10)15-12/h3-8H,9H2,1-2H3,(H,14,15)/b6-3+. The SMILES string of the molecule is C/C=C/C(=O)N(C)Cc1nc2ccccc2[nH]1. The van der Waals surface area contributed by atoms with Crippen LogP contribution in [0.25, 0.3) is 11.0 Å². The van der Waals surface area contributed by atoms with Crippen LogP contribution in [0.15, 0.2) is 36.4 Å². The fourth-order valence-electron chi connectivity index (χ4n) is 1.65. The molecule has 1 aromatic carbocycles. The first kappa shape index (κ1) is 11.4. The minimum Gasteiger partial charge on any atom is -0.340 e. The molecule has 0 aliphatic heterocycles. The molecule has 2 rings (SSSR count). The number of H-pyrrole nitrogens is 1. The first-order chi connectivity index (χ1) is 8.20. The summed E-state index contributed by atoms with van der Waals surface area (Å²) in [7, 11) is 1.76. The van der Waals surface area contributed by atoms with Crippen LogP contribution in [0.2, 0.25) is 0 Å². The van der Waals surface area contributed by atoms with E-state index in [9.17, 15) is 4.79 Å². The Balaban J connectivity index is 2.15. The van der Waals surface area contributed by atoms with Gasteiger partial charge in [0.05, 0.1) is 17.6 Å². The Kier molecular flexibility index (Phi) is 3.23. The lowest BCUT2D eigenvalue weighted by Crippen LogP contribution is -2.24. The molecule has 0 saturated heterocycles.